The lowest BCUT2D eigenvalue weighted by atomic mass is 9.89. The summed E-state index contributed by atoms with van der Waals surface area (Å²) in [4.78, 5) is 10.8. The number of carboxylic acid groups (broad SMARTS) is 1. The molecule has 2 aromatic carbocycles. The molecule has 4 aliphatic carbocycles. The molecule has 0 aromatic heterocycles. The van der Waals surface area contributed by atoms with Gasteiger partial charge in [-0.2, -0.15) is 0 Å². The van der Waals surface area contributed by atoms with Gasteiger partial charge in [0.1, 0.15) is 0 Å². The van der Waals surface area contributed by atoms with Crippen LogP contribution in [0.1, 0.15) is 28.2 Å². The molecular weight excluding hydrogens is 260 g/mol. The maximum absolute atomic E-state index is 10.8. The van der Waals surface area contributed by atoms with E-state index in [1.54, 1.807) is 6.08 Å². The van der Waals surface area contributed by atoms with E-state index in [-0.39, 0.29) is 5.92 Å². The predicted molar refractivity (Wildman–Crippen MR) is 83.5 cm³/mol. The molecule has 1 N–H and O–H groups in total. The molecule has 106 valence electrons. The second-order valence-electron chi connectivity index (χ2n) is 5.57. The van der Waals surface area contributed by atoms with Crippen LogP contribution in [-0.2, 0) is 24.1 Å². The van der Waals surface area contributed by atoms with E-state index in [9.17, 15) is 4.79 Å². The molecular formula is C19H18O2. The van der Waals surface area contributed by atoms with Gasteiger partial charge in [-0.3, -0.25) is 0 Å². The Morgan fingerprint density at radius 1 is 0.905 bits per heavy atom. The van der Waals surface area contributed by atoms with Gasteiger partial charge in [-0.25, -0.2) is 4.79 Å². The molecule has 0 amide bonds. The van der Waals surface area contributed by atoms with Gasteiger partial charge in [-0.1, -0.05) is 54.6 Å². The first-order valence-electron chi connectivity index (χ1n) is 7.28. The fourth-order valence-corrected chi connectivity index (χ4v) is 2.81. The fraction of sp³-hybridized carbons (Fsp3) is 0.211. The smallest absolute Gasteiger partial charge is 0.327 e. The third-order valence-corrected chi connectivity index (χ3v) is 4.06. The van der Waals surface area contributed by atoms with Crippen LogP contribution in [0.4, 0.5) is 0 Å². The number of benzene rings is 2. The number of hydrogen-bond donors (Lipinski definition) is 1. The van der Waals surface area contributed by atoms with Gasteiger partial charge in [0.15, 0.2) is 0 Å². The van der Waals surface area contributed by atoms with Gasteiger partial charge < -0.3 is 5.11 Å². The number of aliphatic carboxylic acids is 1. The van der Waals surface area contributed by atoms with E-state index < -0.39 is 5.97 Å². The topological polar surface area (TPSA) is 37.3 Å². The van der Waals surface area contributed by atoms with Crippen molar-refractivity contribution in [2.75, 3.05) is 0 Å². The Morgan fingerprint density at radius 3 is 2.00 bits per heavy atom. The van der Waals surface area contributed by atoms with Crippen molar-refractivity contribution in [3.8, 4) is 0 Å². The van der Waals surface area contributed by atoms with Gasteiger partial charge in [0.25, 0.3) is 0 Å². The molecule has 2 nitrogen and oxygen atoms in total. The maximum Gasteiger partial charge on any atom is 0.327 e. The third-order valence-electron chi connectivity index (χ3n) is 4.06. The van der Waals surface area contributed by atoms with Crippen LogP contribution in [0.25, 0.3) is 0 Å². The van der Waals surface area contributed by atoms with Crippen molar-refractivity contribution >= 4 is 5.97 Å². The average Bonchev–Trinajstić information content (AvgIpc) is 2.49. The van der Waals surface area contributed by atoms with E-state index in [0.29, 0.717) is 0 Å². The Bertz CT molecular complexity index is 651. The van der Waals surface area contributed by atoms with Gasteiger partial charge >= 0.3 is 5.97 Å². The molecule has 4 bridgehead atoms. The zero-order chi connectivity index (χ0) is 14.7. The molecule has 0 heterocycles. The predicted octanol–water partition coefficient (Wildman–Crippen LogP) is 3.75. The number of carbonyl (C=O) groups is 1. The van der Waals surface area contributed by atoms with Crippen molar-refractivity contribution in [1.82, 2.24) is 0 Å². The Labute approximate surface area is 124 Å². The highest BCUT2D eigenvalue weighted by atomic mass is 16.4. The van der Waals surface area contributed by atoms with Crippen LogP contribution in [0.2, 0.25) is 0 Å². The van der Waals surface area contributed by atoms with Crippen molar-refractivity contribution in [3.63, 3.8) is 0 Å². The first-order chi connectivity index (χ1) is 10.2. The van der Waals surface area contributed by atoms with Gasteiger partial charge in [0.2, 0.25) is 0 Å². The first kappa shape index (κ1) is 13.6. The second-order valence-corrected chi connectivity index (χ2v) is 5.57. The minimum atomic E-state index is -0.895. The molecule has 1 atom stereocenters. The normalized spacial score (nSPS) is 17.6. The number of allylic oxidation sites excluding steroid dienone is 1. The fourth-order valence-electron chi connectivity index (χ4n) is 2.81. The number of rotatable bonds is 2. The summed E-state index contributed by atoms with van der Waals surface area (Å²) in [7, 11) is 0. The quantitative estimate of drug-likeness (QED) is 0.849. The lowest BCUT2D eigenvalue weighted by Gasteiger charge is -2.16. The summed E-state index contributed by atoms with van der Waals surface area (Å²) in [5, 5.41) is 8.88. The molecule has 0 saturated heterocycles. The number of carboxylic acids is 1. The molecule has 0 aliphatic heterocycles. The molecule has 2 aromatic rings. The van der Waals surface area contributed by atoms with E-state index in [1.165, 1.54) is 28.3 Å². The first-order valence-corrected chi connectivity index (χ1v) is 7.28. The minimum absolute atomic E-state index is 0.0976. The third kappa shape index (κ3) is 3.40. The summed E-state index contributed by atoms with van der Waals surface area (Å²) in [5.41, 5.74) is 5.08. The summed E-state index contributed by atoms with van der Waals surface area (Å²) in [6.45, 7) is 0. The van der Waals surface area contributed by atoms with Crippen molar-refractivity contribution in [3.05, 3.63) is 82.9 Å². The van der Waals surface area contributed by atoms with Crippen molar-refractivity contribution in [2.45, 2.75) is 25.2 Å². The molecule has 0 saturated carbocycles. The SMILES string of the molecule is O=C(O)C=CC1Cc2ccc(cc2)CCc2ccc1cc2. The summed E-state index contributed by atoms with van der Waals surface area (Å²) in [5.74, 6) is -0.798. The largest absolute Gasteiger partial charge is 0.478 e. The van der Waals surface area contributed by atoms with Crippen molar-refractivity contribution < 1.29 is 9.90 Å². The maximum atomic E-state index is 10.8. The Hall–Kier alpha value is -2.35. The van der Waals surface area contributed by atoms with Gasteiger partial charge in [-0.05, 0) is 41.5 Å². The van der Waals surface area contributed by atoms with E-state index in [4.69, 9.17) is 5.11 Å². The molecule has 0 radical (unpaired) electrons. The molecule has 21 heavy (non-hydrogen) atoms. The Balaban J connectivity index is 1.99. The molecule has 2 heteroatoms. The van der Waals surface area contributed by atoms with Crippen molar-refractivity contribution in [2.24, 2.45) is 0 Å². The van der Waals surface area contributed by atoms with Gasteiger partial charge in [-0.15, -0.1) is 0 Å². The summed E-state index contributed by atoms with van der Waals surface area (Å²) in [6.07, 6.45) is 5.95. The minimum Gasteiger partial charge on any atom is -0.478 e. The zero-order valence-corrected chi connectivity index (χ0v) is 11.8. The molecule has 0 fully saturated rings. The summed E-state index contributed by atoms with van der Waals surface area (Å²) in [6, 6.07) is 17.2. The van der Waals surface area contributed by atoms with E-state index in [0.717, 1.165) is 19.3 Å². The van der Waals surface area contributed by atoms with Crippen LogP contribution in [0, 0.1) is 0 Å². The molecule has 6 rings (SSSR count). The summed E-state index contributed by atoms with van der Waals surface area (Å²) < 4.78 is 0. The zero-order valence-electron chi connectivity index (χ0n) is 11.8. The Kier molecular flexibility index (Phi) is 3.87. The number of hydrogen-bond acceptors (Lipinski definition) is 1. The van der Waals surface area contributed by atoms with Crippen LogP contribution < -0.4 is 0 Å². The lowest BCUT2D eigenvalue weighted by molar-refractivity contribution is -0.131. The van der Waals surface area contributed by atoms with Crippen LogP contribution in [-0.4, -0.2) is 11.1 Å². The Morgan fingerprint density at radius 2 is 1.43 bits per heavy atom. The monoisotopic (exact) mass is 278 g/mol. The van der Waals surface area contributed by atoms with Crippen LogP contribution in [0.5, 0.6) is 0 Å². The van der Waals surface area contributed by atoms with Gasteiger partial charge in [0, 0.05) is 12.0 Å². The van der Waals surface area contributed by atoms with E-state index in [1.807, 2.05) is 0 Å². The number of aryl methyl sites for hydroxylation is 2. The molecule has 0 spiro atoms. The van der Waals surface area contributed by atoms with Crippen LogP contribution >= 0.6 is 0 Å². The van der Waals surface area contributed by atoms with Crippen LogP contribution in [0.15, 0.2) is 60.7 Å². The average molecular weight is 278 g/mol. The second kappa shape index (κ2) is 5.96. The molecule has 4 aliphatic rings. The standard InChI is InChI=1S/C19H18O2/c20-19(21)12-11-18-13-16-5-3-14(4-6-16)1-2-15-7-9-17(18)10-8-15/h3-12,18H,1-2,13H2,(H,20,21). The van der Waals surface area contributed by atoms with Crippen molar-refractivity contribution in [1.29, 1.82) is 0 Å². The highest BCUT2D eigenvalue weighted by Crippen LogP contribution is 2.25. The summed E-state index contributed by atoms with van der Waals surface area (Å²) >= 11 is 0. The van der Waals surface area contributed by atoms with E-state index in [2.05, 4.69) is 48.5 Å². The highest BCUT2D eigenvalue weighted by Gasteiger charge is 2.11. The molecule has 1 unspecified atom stereocenters. The highest BCUT2D eigenvalue weighted by molar-refractivity contribution is 5.79. The van der Waals surface area contributed by atoms with Crippen LogP contribution in [0.3, 0.4) is 0 Å². The lowest BCUT2D eigenvalue weighted by Crippen LogP contribution is -2.03. The van der Waals surface area contributed by atoms with Gasteiger partial charge in [0.05, 0.1) is 0 Å². The van der Waals surface area contributed by atoms with E-state index >= 15 is 0 Å².